The molecule has 1 amide bonds. The number of amidine groups is 1. The number of allylic oxidation sites excluding steroid dienone is 1. The molecule has 0 aromatic heterocycles. The molecule has 0 radical (unpaired) electrons. The van der Waals surface area contributed by atoms with E-state index in [0.717, 1.165) is 50.3 Å². The second kappa shape index (κ2) is 12.7. The number of para-hydroxylation sites is 1. The average Bonchev–Trinajstić information content (AvgIpc) is 2.94. The van der Waals surface area contributed by atoms with Gasteiger partial charge in [-0.1, -0.05) is 86.1 Å². The number of aliphatic imine (C=N–C) groups is 1. The SMILES string of the molecule is CC(C)N(C(=O)CSC1=NC(c2ccc(Br)cc2)C2=C(N1)C(=Cc1ccc(Br)cc1)CCC2)c1ccccc1. The van der Waals surface area contributed by atoms with Crippen molar-refractivity contribution in [2.24, 2.45) is 4.99 Å². The highest BCUT2D eigenvalue weighted by Crippen LogP contribution is 2.42. The highest BCUT2D eigenvalue weighted by Gasteiger charge is 2.30. The summed E-state index contributed by atoms with van der Waals surface area (Å²) in [6.45, 7) is 4.10. The molecule has 0 fully saturated rings. The van der Waals surface area contributed by atoms with E-state index in [1.165, 1.54) is 28.5 Å². The Kier molecular flexibility index (Phi) is 9.10. The van der Waals surface area contributed by atoms with Gasteiger partial charge in [0, 0.05) is 26.4 Å². The molecule has 3 aromatic carbocycles. The van der Waals surface area contributed by atoms with E-state index in [9.17, 15) is 4.79 Å². The Hall–Kier alpha value is -2.61. The smallest absolute Gasteiger partial charge is 0.237 e. The molecule has 1 atom stereocenters. The molecule has 0 spiro atoms. The summed E-state index contributed by atoms with van der Waals surface area (Å²) in [5, 5.41) is 4.43. The van der Waals surface area contributed by atoms with E-state index in [2.05, 4.69) is 91.8 Å². The third-order valence-electron chi connectivity index (χ3n) is 6.89. The van der Waals surface area contributed by atoms with Gasteiger partial charge in [0.25, 0.3) is 0 Å². The summed E-state index contributed by atoms with van der Waals surface area (Å²) >= 11 is 8.59. The van der Waals surface area contributed by atoms with Crippen LogP contribution in [-0.4, -0.2) is 22.9 Å². The molecule has 39 heavy (non-hydrogen) atoms. The molecule has 1 unspecified atom stereocenters. The number of benzene rings is 3. The lowest BCUT2D eigenvalue weighted by molar-refractivity contribution is -0.116. The second-order valence-electron chi connectivity index (χ2n) is 9.97. The predicted molar refractivity (Wildman–Crippen MR) is 172 cm³/mol. The number of amides is 1. The Morgan fingerprint density at radius 2 is 1.67 bits per heavy atom. The van der Waals surface area contributed by atoms with Crippen LogP contribution in [0.1, 0.15) is 50.3 Å². The van der Waals surface area contributed by atoms with Crippen molar-refractivity contribution in [2.75, 3.05) is 10.7 Å². The highest BCUT2D eigenvalue weighted by molar-refractivity contribution is 9.10. The minimum atomic E-state index is -0.0732. The average molecular weight is 665 g/mol. The van der Waals surface area contributed by atoms with Crippen LogP contribution < -0.4 is 10.2 Å². The van der Waals surface area contributed by atoms with Crippen LogP contribution in [0, 0.1) is 0 Å². The molecular formula is C32H31Br2N3OS. The first-order chi connectivity index (χ1) is 18.9. The van der Waals surface area contributed by atoms with Crippen LogP contribution in [-0.2, 0) is 4.79 Å². The fourth-order valence-electron chi connectivity index (χ4n) is 5.11. The molecule has 7 heteroatoms. The third kappa shape index (κ3) is 6.76. The Morgan fingerprint density at radius 1 is 1.00 bits per heavy atom. The molecule has 0 saturated heterocycles. The topological polar surface area (TPSA) is 44.7 Å². The van der Waals surface area contributed by atoms with Crippen LogP contribution in [0.3, 0.4) is 0 Å². The van der Waals surface area contributed by atoms with Gasteiger partial charge in [-0.25, -0.2) is 4.99 Å². The van der Waals surface area contributed by atoms with E-state index < -0.39 is 0 Å². The van der Waals surface area contributed by atoms with E-state index >= 15 is 0 Å². The van der Waals surface area contributed by atoms with E-state index in [4.69, 9.17) is 4.99 Å². The lowest BCUT2D eigenvalue weighted by atomic mass is 9.84. The van der Waals surface area contributed by atoms with Crippen molar-refractivity contribution < 1.29 is 4.79 Å². The summed E-state index contributed by atoms with van der Waals surface area (Å²) in [6, 6.07) is 26.7. The van der Waals surface area contributed by atoms with Crippen LogP contribution in [0.4, 0.5) is 5.69 Å². The Morgan fingerprint density at radius 3 is 2.33 bits per heavy atom. The molecule has 5 rings (SSSR count). The van der Waals surface area contributed by atoms with E-state index in [1.54, 1.807) is 0 Å². The van der Waals surface area contributed by atoms with Crippen LogP contribution in [0.25, 0.3) is 6.08 Å². The highest BCUT2D eigenvalue weighted by atomic mass is 79.9. The van der Waals surface area contributed by atoms with Gasteiger partial charge < -0.3 is 10.2 Å². The summed E-state index contributed by atoms with van der Waals surface area (Å²) in [5.74, 6) is 0.375. The van der Waals surface area contributed by atoms with Gasteiger partial charge >= 0.3 is 0 Å². The Bertz CT molecular complexity index is 1410. The van der Waals surface area contributed by atoms with Crippen molar-refractivity contribution in [3.8, 4) is 0 Å². The zero-order chi connectivity index (χ0) is 27.4. The normalized spacial score (nSPS) is 18.0. The molecular weight excluding hydrogens is 634 g/mol. The number of rotatable bonds is 6. The lowest BCUT2D eigenvalue weighted by Crippen LogP contribution is -2.39. The molecule has 1 aliphatic carbocycles. The number of nitrogens with one attached hydrogen (secondary N) is 1. The van der Waals surface area contributed by atoms with Crippen molar-refractivity contribution in [1.29, 1.82) is 0 Å². The van der Waals surface area contributed by atoms with Gasteiger partial charge in [0.05, 0.1) is 5.75 Å². The van der Waals surface area contributed by atoms with Gasteiger partial charge in [-0.15, -0.1) is 0 Å². The Balaban J connectivity index is 1.44. The van der Waals surface area contributed by atoms with Gasteiger partial charge in [-0.2, -0.15) is 0 Å². The van der Waals surface area contributed by atoms with Crippen LogP contribution in [0.15, 0.2) is 110 Å². The van der Waals surface area contributed by atoms with E-state index in [1.807, 2.05) is 49.1 Å². The summed E-state index contributed by atoms with van der Waals surface area (Å²) in [7, 11) is 0. The third-order valence-corrected chi connectivity index (χ3v) is 8.82. The zero-order valence-corrected chi connectivity index (χ0v) is 26.0. The minimum Gasteiger partial charge on any atom is -0.335 e. The lowest BCUT2D eigenvalue weighted by Gasteiger charge is -2.33. The van der Waals surface area contributed by atoms with Gasteiger partial charge in [0.2, 0.25) is 5.91 Å². The van der Waals surface area contributed by atoms with Crippen molar-refractivity contribution in [2.45, 2.75) is 45.2 Å². The van der Waals surface area contributed by atoms with Crippen molar-refractivity contribution in [1.82, 2.24) is 5.32 Å². The fraction of sp³-hybridized carbons (Fsp3) is 0.250. The minimum absolute atomic E-state index is 0.0605. The molecule has 1 N–H and O–H groups in total. The van der Waals surface area contributed by atoms with Gasteiger partial charge in [0.15, 0.2) is 5.17 Å². The second-order valence-corrected chi connectivity index (χ2v) is 12.8. The van der Waals surface area contributed by atoms with Gasteiger partial charge in [-0.05, 0) is 97.9 Å². The zero-order valence-electron chi connectivity index (χ0n) is 22.0. The first-order valence-corrected chi connectivity index (χ1v) is 15.8. The number of nitrogens with zero attached hydrogens (tertiary/aromatic N) is 2. The maximum atomic E-state index is 13.4. The molecule has 3 aromatic rings. The molecule has 1 heterocycles. The van der Waals surface area contributed by atoms with Crippen molar-refractivity contribution in [3.63, 3.8) is 0 Å². The maximum absolute atomic E-state index is 13.4. The number of carbonyl (C=O) groups is 1. The summed E-state index contributed by atoms with van der Waals surface area (Å²) in [5.41, 5.74) is 7.01. The monoisotopic (exact) mass is 663 g/mol. The van der Waals surface area contributed by atoms with E-state index in [0.29, 0.717) is 5.75 Å². The predicted octanol–water partition coefficient (Wildman–Crippen LogP) is 8.91. The molecule has 0 saturated carbocycles. The fourth-order valence-corrected chi connectivity index (χ4v) is 6.39. The molecule has 4 nitrogen and oxygen atoms in total. The first-order valence-electron chi connectivity index (χ1n) is 13.2. The number of carbonyl (C=O) groups excluding carboxylic acids is 1. The van der Waals surface area contributed by atoms with Crippen LogP contribution in [0.2, 0.25) is 0 Å². The van der Waals surface area contributed by atoms with Gasteiger partial charge in [-0.3, -0.25) is 4.79 Å². The summed E-state index contributed by atoms with van der Waals surface area (Å²) in [4.78, 5) is 20.4. The van der Waals surface area contributed by atoms with Crippen LogP contribution in [0.5, 0.6) is 0 Å². The quantitative estimate of drug-likeness (QED) is 0.286. The Labute approximate surface area is 251 Å². The molecule has 0 bridgehead atoms. The molecule has 1 aliphatic heterocycles. The first kappa shape index (κ1) is 27.9. The number of halogens is 2. The van der Waals surface area contributed by atoms with Crippen molar-refractivity contribution >= 4 is 66.5 Å². The van der Waals surface area contributed by atoms with Crippen molar-refractivity contribution in [3.05, 3.63) is 116 Å². The maximum Gasteiger partial charge on any atom is 0.237 e. The number of hydrogen-bond acceptors (Lipinski definition) is 4. The van der Waals surface area contributed by atoms with Gasteiger partial charge in [0.1, 0.15) is 6.04 Å². The number of thioether (sulfide) groups is 1. The standard InChI is InChI=1S/C32H31Br2N3OS/c1-21(2)37(27-8-4-3-5-9-27)29(38)20-39-32-35-30(23-13-17-26(34)18-14-23)28-10-6-7-24(31(28)36-32)19-22-11-15-25(33)16-12-22/h3-5,8-9,11-19,21,30H,6-7,10,20H2,1-2H3,(H,35,36). The molecule has 2 aliphatic rings. The largest absolute Gasteiger partial charge is 0.335 e. The summed E-state index contributed by atoms with van der Waals surface area (Å²) < 4.78 is 2.12. The number of hydrogen-bond donors (Lipinski definition) is 1. The summed E-state index contributed by atoms with van der Waals surface area (Å²) in [6.07, 6.45) is 5.37. The van der Waals surface area contributed by atoms with E-state index in [-0.39, 0.29) is 18.0 Å². The molecule has 200 valence electrons. The number of anilines is 1. The van der Waals surface area contributed by atoms with Crippen LogP contribution >= 0.6 is 43.6 Å².